The van der Waals surface area contributed by atoms with Gasteiger partial charge in [-0.15, -0.1) is 0 Å². The molecule has 6 nitrogen and oxygen atoms in total. The van der Waals surface area contributed by atoms with Gasteiger partial charge in [-0.3, -0.25) is 10.5 Å². The molecule has 0 aliphatic carbocycles. The Morgan fingerprint density at radius 1 is 1.00 bits per heavy atom. The number of amides is 1. The number of ether oxygens (including phenoxy) is 1. The molecule has 0 aliphatic rings. The van der Waals surface area contributed by atoms with Gasteiger partial charge in [0.1, 0.15) is 16.4 Å². The lowest BCUT2D eigenvalue weighted by Crippen LogP contribution is -2.28. The number of carbonyl (C=O) groups is 1. The second-order valence-electron chi connectivity index (χ2n) is 6.97. The van der Waals surface area contributed by atoms with Crippen LogP contribution in [0.2, 0.25) is 0 Å². The zero-order valence-electron chi connectivity index (χ0n) is 16.6. The topological polar surface area (TPSA) is 104 Å². The van der Waals surface area contributed by atoms with E-state index < -0.39 is 21.8 Å². The first-order chi connectivity index (χ1) is 13.9. The number of phenolic OH excluding ortho intramolecular Hbond substituents is 1. The number of rotatable bonds is 12. The molecule has 0 bridgehead atoms. The number of unbranched alkanes of at least 4 members (excludes halogenated alkanes) is 5. The summed E-state index contributed by atoms with van der Waals surface area (Å²) in [5, 5.41) is 9.40. The average Bonchev–Trinajstić information content (AvgIpc) is 2.70. The SMILES string of the molecule is CCCCCCCCC(Oc1ccccc1S(=O)(=O)c1ccc(O)cc1)C([NH])=O. The second kappa shape index (κ2) is 10.9. The molecule has 29 heavy (non-hydrogen) atoms. The van der Waals surface area contributed by atoms with Gasteiger partial charge < -0.3 is 9.84 Å². The minimum atomic E-state index is -3.90. The molecule has 2 rings (SSSR count). The third-order valence-electron chi connectivity index (χ3n) is 4.67. The normalized spacial score (nSPS) is 12.4. The van der Waals surface area contributed by atoms with Gasteiger partial charge in [0.15, 0.2) is 6.10 Å². The van der Waals surface area contributed by atoms with Gasteiger partial charge in [0.2, 0.25) is 9.84 Å². The number of para-hydroxylation sites is 1. The van der Waals surface area contributed by atoms with E-state index in [2.05, 4.69) is 6.92 Å². The van der Waals surface area contributed by atoms with E-state index >= 15 is 0 Å². The highest BCUT2D eigenvalue weighted by atomic mass is 32.2. The summed E-state index contributed by atoms with van der Waals surface area (Å²) in [5.74, 6) is -0.847. The van der Waals surface area contributed by atoms with Crippen LogP contribution in [0.25, 0.3) is 0 Å². The molecule has 1 amide bonds. The highest BCUT2D eigenvalue weighted by molar-refractivity contribution is 7.91. The van der Waals surface area contributed by atoms with Crippen molar-refractivity contribution in [3.63, 3.8) is 0 Å². The van der Waals surface area contributed by atoms with Crippen LogP contribution in [-0.4, -0.2) is 25.5 Å². The molecule has 2 aromatic rings. The van der Waals surface area contributed by atoms with Gasteiger partial charge in [0, 0.05) is 0 Å². The van der Waals surface area contributed by atoms with Crippen molar-refractivity contribution in [3.05, 3.63) is 48.5 Å². The Bertz CT molecular complexity index is 894. The Kier molecular flexibility index (Phi) is 8.51. The third-order valence-corrected chi connectivity index (χ3v) is 6.48. The van der Waals surface area contributed by atoms with Gasteiger partial charge in [-0.2, -0.15) is 0 Å². The molecule has 2 aromatic carbocycles. The van der Waals surface area contributed by atoms with Crippen molar-refractivity contribution in [3.8, 4) is 11.5 Å². The van der Waals surface area contributed by atoms with Gasteiger partial charge >= 0.3 is 0 Å². The molecule has 0 saturated carbocycles. The maximum absolute atomic E-state index is 13.0. The predicted octanol–water partition coefficient (Wildman–Crippen LogP) is 4.53. The molecule has 2 N–H and O–H groups in total. The summed E-state index contributed by atoms with van der Waals surface area (Å²) in [5.41, 5.74) is 7.50. The molecule has 1 radical (unpaired) electrons. The molecule has 1 atom stereocenters. The van der Waals surface area contributed by atoms with E-state index in [9.17, 15) is 18.3 Å². The smallest absolute Gasteiger partial charge is 0.279 e. The summed E-state index contributed by atoms with van der Waals surface area (Å²) in [4.78, 5) is 11.7. The van der Waals surface area contributed by atoms with Crippen LogP contribution in [0.5, 0.6) is 11.5 Å². The molecule has 0 fully saturated rings. The number of hydrogen-bond acceptors (Lipinski definition) is 5. The highest BCUT2D eigenvalue weighted by Crippen LogP contribution is 2.31. The minimum absolute atomic E-state index is 0.0102. The summed E-state index contributed by atoms with van der Waals surface area (Å²) in [7, 11) is -3.90. The van der Waals surface area contributed by atoms with E-state index in [-0.39, 0.29) is 21.3 Å². The molecule has 7 heteroatoms. The standard InChI is InChI=1S/C22H28NO5S/c1-2-3-4-5-6-7-11-20(22(23)25)28-19-10-8-9-12-21(19)29(26,27)18-15-13-17(24)14-16-18/h8-10,12-16,20,23-24H,2-7,11H2,1H3. The maximum Gasteiger partial charge on any atom is 0.279 e. The van der Waals surface area contributed by atoms with Crippen molar-refractivity contribution in [2.45, 2.75) is 67.8 Å². The first kappa shape index (κ1) is 22.7. The van der Waals surface area contributed by atoms with Crippen LogP contribution in [-0.2, 0) is 14.6 Å². The minimum Gasteiger partial charge on any atom is -0.508 e. The maximum atomic E-state index is 13.0. The summed E-state index contributed by atoms with van der Waals surface area (Å²) in [6.07, 6.45) is 5.61. The number of hydrogen-bond donors (Lipinski definition) is 1. The number of phenols is 1. The van der Waals surface area contributed by atoms with E-state index in [1.54, 1.807) is 12.1 Å². The van der Waals surface area contributed by atoms with Crippen LogP contribution < -0.4 is 10.5 Å². The number of aromatic hydroxyl groups is 1. The molecular weight excluding hydrogens is 390 g/mol. The molecule has 0 heterocycles. The number of sulfone groups is 1. The van der Waals surface area contributed by atoms with E-state index in [0.29, 0.717) is 6.42 Å². The fourth-order valence-electron chi connectivity index (χ4n) is 3.03. The van der Waals surface area contributed by atoms with Crippen LogP contribution >= 0.6 is 0 Å². The van der Waals surface area contributed by atoms with Crippen LogP contribution in [0.4, 0.5) is 0 Å². The lowest BCUT2D eigenvalue weighted by molar-refractivity contribution is -0.125. The van der Waals surface area contributed by atoms with E-state index in [4.69, 9.17) is 10.5 Å². The summed E-state index contributed by atoms with van der Waals surface area (Å²) in [6, 6.07) is 11.3. The average molecular weight is 419 g/mol. The molecule has 0 aromatic heterocycles. The highest BCUT2D eigenvalue weighted by Gasteiger charge is 2.25. The molecular formula is C22H28NO5S. The second-order valence-corrected chi connectivity index (χ2v) is 8.89. The Morgan fingerprint density at radius 3 is 2.28 bits per heavy atom. The Labute approximate surface area is 172 Å². The lowest BCUT2D eigenvalue weighted by atomic mass is 10.1. The van der Waals surface area contributed by atoms with Crippen LogP contribution in [0.15, 0.2) is 58.3 Å². The zero-order valence-corrected chi connectivity index (χ0v) is 17.5. The van der Waals surface area contributed by atoms with E-state index in [1.807, 2.05) is 0 Å². The lowest BCUT2D eigenvalue weighted by Gasteiger charge is -2.18. The number of carbonyl (C=O) groups excluding carboxylic acids is 1. The van der Waals surface area contributed by atoms with Gasteiger partial charge in [-0.25, -0.2) is 8.42 Å². The van der Waals surface area contributed by atoms with Crippen molar-refractivity contribution in [2.75, 3.05) is 0 Å². The van der Waals surface area contributed by atoms with Crippen LogP contribution in [0.1, 0.15) is 51.9 Å². The van der Waals surface area contributed by atoms with E-state index in [1.165, 1.54) is 42.8 Å². The van der Waals surface area contributed by atoms with Gasteiger partial charge in [-0.1, -0.05) is 51.2 Å². The molecule has 0 spiro atoms. The Morgan fingerprint density at radius 2 is 1.62 bits per heavy atom. The van der Waals surface area contributed by atoms with Gasteiger partial charge in [0.25, 0.3) is 5.91 Å². The third kappa shape index (κ3) is 6.49. The Hall–Kier alpha value is -2.54. The fraction of sp³-hybridized carbons (Fsp3) is 0.409. The van der Waals surface area contributed by atoms with Crippen molar-refractivity contribution in [1.82, 2.24) is 5.73 Å². The molecule has 157 valence electrons. The Balaban J connectivity index is 2.15. The molecule has 0 saturated heterocycles. The first-order valence-electron chi connectivity index (χ1n) is 9.91. The fourth-order valence-corrected chi connectivity index (χ4v) is 4.42. The van der Waals surface area contributed by atoms with Gasteiger partial charge in [0.05, 0.1) is 4.90 Å². The number of benzene rings is 2. The largest absolute Gasteiger partial charge is 0.508 e. The van der Waals surface area contributed by atoms with E-state index in [0.717, 1.165) is 32.1 Å². The molecule has 0 aliphatic heterocycles. The zero-order chi connectivity index (χ0) is 21.3. The number of nitrogens with one attached hydrogen (secondary N) is 1. The first-order valence-corrected chi connectivity index (χ1v) is 11.4. The van der Waals surface area contributed by atoms with Crippen molar-refractivity contribution < 1.29 is 23.1 Å². The quantitative estimate of drug-likeness (QED) is 0.510. The monoisotopic (exact) mass is 418 g/mol. The van der Waals surface area contributed by atoms with Crippen LogP contribution in [0.3, 0.4) is 0 Å². The van der Waals surface area contributed by atoms with Crippen molar-refractivity contribution in [2.24, 2.45) is 0 Å². The van der Waals surface area contributed by atoms with Crippen LogP contribution in [0, 0.1) is 0 Å². The molecule has 1 unspecified atom stereocenters. The summed E-state index contributed by atoms with van der Waals surface area (Å²) < 4.78 is 31.7. The summed E-state index contributed by atoms with van der Waals surface area (Å²) in [6.45, 7) is 2.15. The van der Waals surface area contributed by atoms with Gasteiger partial charge in [-0.05, 0) is 49.2 Å². The summed E-state index contributed by atoms with van der Waals surface area (Å²) >= 11 is 0. The predicted molar refractivity (Wildman–Crippen MR) is 111 cm³/mol. The van der Waals surface area contributed by atoms with Crippen molar-refractivity contribution >= 4 is 15.7 Å². The van der Waals surface area contributed by atoms with Crippen molar-refractivity contribution in [1.29, 1.82) is 0 Å².